The molecular formula is C24H30O4. The molecule has 0 spiro atoms. The monoisotopic (exact) mass is 382 g/mol. The predicted octanol–water partition coefficient (Wildman–Crippen LogP) is 5.18. The summed E-state index contributed by atoms with van der Waals surface area (Å²) in [5.41, 5.74) is 4.56. The first kappa shape index (κ1) is 19.0. The highest BCUT2D eigenvalue weighted by Crippen LogP contribution is 2.46. The minimum absolute atomic E-state index is 0.127. The fourth-order valence-electron chi connectivity index (χ4n) is 4.40. The van der Waals surface area contributed by atoms with Crippen molar-refractivity contribution < 1.29 is 19.3 Å². The SMILES string of the molecule is CCOc1ccc(C2COc3c(c(CC)cc4c3CCC(C)(C)O4)C2)c(O)c1. The van der Waals surface area contributed by atoms with E-state index in [9.17, 15) is 5.11 Å². The smallest absolute Gasteiger partial charge is 0.129 e. The van der Waals surface area contributed by atoms with Gasteiger partial charge in [0.2, 0.25) is 0 Å². The van der Waals surface area contributed by atoms with Crippen LogP contribution in [-0.2, 0) is 19.3 Å². The molecule has 1 N–H and O–H groups in total. The third-order valence-electron chi connectivity index (χ3n) is 5.91. The van der Waals surface area contributed by atoms with Crippen molar-refractivity contribution in [1.82, 2.24) is 0 Å². The Labute approximate surface area is 167 Å². The second-order valence-corrected chi connectivity index (χ2v) is 8.40. The molecule has 2 aliphatic heterocycles. The molecule has 0 aliphatic carbocycles. The van der Waals surface area contributed by atoms with Gasteiger partial charge in [-0.15, -0.1) is 0 Å². The number of benzene rings is 2. The van der Waals surface area contributed by atoms with E-state index in [2.05, 4.69) is 26.8 Å². The van der Waals surface area contributed by atoms with Gasteiger partial charge in [-0.1, -0.05) is 13.0 Å². The average molecular weight is 383 g/mol. The van der Waals surface area contributed by atoms with Crippen LogP contribution in [0.15, 0.2) is 24.3 Å². The molecule has 0 fully saturated rings. The van der Waals surface area contributed by atoms with Crippen molar-refractivity contribution >= 4 is 0 Å². The Morgan fingerprint density at radius 1 is 1.18 bits per heavy atom. The molecule has 150 valence electrons. The minimum atomic E-state index is -0.127. The van der Waals surface area contributed by atoms with Gasteiger partial charge in [0.05, 0.1) is 13.2 Å². The average Bonchev–Trinajstić information content (AvgIpc) is 2.66. The molecule has 2 aliphatic rings. The molecule has 2 aromatic carbocycles. The van der Waals surface area contributed by atoms with E-state index in [1.165, 1.54) is 16.7 Å². The zero-order valence-electron chi connectivity index (χ0n) is 17.3. The van der Waals surface area contributed by atoms with Crippen molar-refractivity contribution in [1.29, 1.82) is 0 Å². The first-order valence-electron chi connectivity index (χ1n) is 10.4. The molecule has 4 heteroatoms. The molecule has 2 heterocycles. The van der Waals surface area contributed by atoms with E-state index < -0.39 is 0 Å². The van der Waals surface area contributed by atoms with Crippen molar-refractivity contribution in [2.45, 2.75) is 64.9 Å². The maximum absolute atomic E-state index is 10.5. The Kier molecular flexibility index (Phi) is 4.90. The summed E-state index contributed by atoms with van der Waals surface area (Å²) in [4.78, 5) is 0. The summed E-state index contributed by atoms with van der Waals surface area (Å²) in [6.45, 7) is 9.56. The molecule has 4 nitrogen and oxygen atoms in total. The lowest BCUT2D eigenvalue weighted by Gasteiger charge is -2.37. The lowest BCUT2D eigenvalue weighted by Crippen LogP contribution is -2.33. The molecule has 1 unspecified atom stereocenters. The van der Waals surface area contributed by atoms with Gasteiger partial charge in [-0.25, -0.2) is 0 Å². The van der Waals surface area contributed by atoms with Crippen LogP contribution in [0.25, 0.3) is 0 Å². The number of aromatic hydroxyl groups is 1. The van der Waals surface area contributed by atoms with Gasteiger partial charge < -0.3 is 19.3 Å². The maximum Gasteiger partial charge on any atom is 0.129 e. The topological polar surface area (TPSA) is 47.9 Å². The summed E-state index contributed by atoms with van der Waals surface area (Å²) in [6.07, 6.45) is 3.78. The predicted molar refractivity (Wildman–Crippen MR) is 110 cm³/mol. The van der Waals surface area contributed by atoms with Crippen LogP contribution >= 0.6 is 0 Å². The summed E-state index contributed by atoms with van der Waals surface area (Å²) < 4.78 is 18.1. The molecule has 2 aromatic rings. The minimum Gasteiger partial charge on any atom is -0.508 e. The summed E-state index contributed by atoms with van der Waals surface area (Å²) in [6, 6.07) is 7.81. The largest absolute Gasteiger partial charge is 0.508 e. The van der Waals surface area contributed by atoms with Crippen molar-refractivity contribution in [2.24, 2.45) is 0 Å². The number of ether oxygens (including phenoxy) is 3. The van der Waals surface area contributed by atoms with Gasteiger partial charge in [-0.05, 0) is 69.7 Å². The van der Waals surface area contributed by atoms with Crippen LogP contribution in [0.2, 0.25) is 0 Å². The van der Waals surface area contributed by atoms with Gasteiger partial charge in [0.25, 0.3) is 0 Å². The fourth-order valence-corrected chi connectivity index (χ4v) is 4.40. The third kappa shape index (κ3) is 3.41. The normalized spacial score (nSPS) is 19.8. The molecule has 0 bridgehead atoms. The standard InChI is InChI=1S/C24H30O4/c1-5-15-12-22-19(9-10-24(3,4)28-22)23-20(15)11-16(14-27-23)18-8-7-17(26-6-2)13-21(18)25/h7-8,12-13,16,25H,5-6,9-11,14H2,1-4H3. The molecule has 0 aromatic heterocycles. The molecule has 28 heavy (non-hydrogen) atoms. The van der Waals surface area contributed by atoms with Crippen LogP contribution in [-0.4, -0.2) is 23.9 Å². The number of hydrogen-bond acceptors (Lipinski definition) is 4. The number of fused-ring (bicyclic) bond motifs is 3. The second kappa shape index (κ2) is 7.23. The molecule has 0 saturated heterocycles. The van der Waals surface area contributed by atoms with Crippen LogP contribution in [0.5, 0.6) is 23.0 Å². The van der Waals surface area contributed by atoms with E-state index in [0.29, 0.717) is 19.0 Å². The van der Waals surface area contributed by atoms with Gasteiger partial charge in [0.1, 0.15) is 28.6 Å². The van der Waals surface area contributed by atoms with E-state index >= 15 is 0 Å². The molecule has 0 saturated carbocycles. The van der Waals surface area contributed by atoms with E-state index in [1.807, 2.05) is 19.1 Å². The summed E-state index contributed by atoms with van der Waals surface area (Å²) >= 11 is 0. The molecule has 0 amide bonds. The highest BCUT2D eigenvalue weighted by atomic mass is 16.5. The first-order chi connectivity index (χ1) is 13.4. The summed E-state index contributed by atoms with van der Waals surface area (Å²) in [5.74, 6) is 3.11. The van der Waals surface area contributed by atoms with Gasteiger partial charge in [0.15, 0.2) is 0 Å². The Balaban J connectivity index is 1.68. The number of rotatable bonds is 4. The van der Waals surface area contributed by atoms with E-state index in [4.69, 9.17) is 14.2 Å². The molecular weight excluding hydrogens is 352 g/mol. The Bertz CT molecular complexity index is 885. The van der Waals surface area contributed by atoms with Crippen LogP contribution < -0.4 is 14.2 Å². The lowest BCUT2D eigenvalue weighted by atomic mass is 9.83. The van der Waals surface area contributed by atoms with Crippen LogP contribution in [0, 0.1) is 0 Å². The number of phenolic OH excluding ortho intramolecular Hbond substituents is 1. The van der Waals surface area contributed by atoms with Crippen LogP contribution in [0.4, 0.5) is 0 Å². The van der Waals surface area contributed by atoms with Crippen molar-refractivity contribution in [3.63, 3.8) is 0 Å². The summed E-state index contributed by atoms with van der Waals surface area (Å²) in [5, 5.41) is 10.5. The van der Waals surface area contributed by atoms with Crippen molar-refractivity contribution in [2.75, 3.05) is 13.2 Å². The highest BCUT2D eigenvalue weighted by molar-refractivity contribution is 5.57. The number of phenols is 1. The summed E-state index contributed by atoms with van der Waals surface area (Å²) in [7, 11) is 0. The van der Waals surface area contributed by atoms with Gasteiger partial charge in [-0.2, -0.15) is 0 Å². The van der Waals surface area contributed by atoms with E-state index in [0.717, 1.165) is 42.7 Å². The Hall–Kier alpha value is -2.36. The van der Waals surface area contributed by atoms with Crippen molar-refractivity contribution in [3.8, 4) is 23.0 Å². The first-order valence-corrected chi connectivity index (χ1v) is 10.4. The van der Waals surface area contributed by atoms with Crippen LogP contribution in [0.3, 0.4) is 0 Å². The maximum atomic E-state index is 10.5. The number of hydrogen-bond donors (Lipinski definition) is 1. The number of aryl methyl sites for hydroxylation is 1. The van der Waals surface area contributed by atoms with E-state index in [-0.39, 0.29) is 17.3 Å². The fraction of sp³-hybridized carbons (Fsp3) is 0.500. The molecule has 4 rings (SSSR count). The molecule has 0 radical (unpaired) electrons. The third-order valence-corrected chi connectivity index (χ3v) is 5.91. The van der Waals surface area contributed by atoms with Crippen LogP contribution in [0.1, 0.15) is 62.3 Å². The quantitative estimate of drug-likeness (QED) is 0.792. The zero-order valence-corrected chi connectivity index (χ0v) is 17.3. The molecule has 1 atom stereocenters. The Morgan fingerprint density at radius 2 is 2.00 bits per heavy atom. The van der Waals surface area contributed by atoms with Gasteiger partial charge >= 0.3 is 0 Å². The highest BCUT2D eigenvalue weighted by Gasteiger charge is 2.34. The van der Waals surface area contributed by atoms with Gasteiger partial charge in [0, 0.05) is 23.1 Å². The second-order valence-electron chi connectivity index (χ2n) is 8.40. The Morgan fingerprint density at radius 3 is 2.71 bits per heavy atom. The lowest BCUT2D eigenvalue weighted by molar-refractivity contribution is 0.0825. The zero-order chi connectivity index (χ0) is 19.9. The van der Waals surface area contributed by atoms with E-state index in [1.54, 1.807) is 6.07 Å². The van der Waals surface area contributed by atoms with Gasteiger partial charge in [-0.3, -0.25) is 0 Å². The van der Waals surface area contributed by atoms with Crippen molar-refractivity contribution in [3.05, 3.63) is 46.5 Å².